The third-order valence-electron chi connectivity index (χ3n) is 1.55. The SMILES string of the molecule is C[C@@H](Cl)C(=O)Nc1ccc(F)cc1Cl. The molecule has 0 aromatic heterocycles. The summed E-state index contributed by atoms with van der Waals surface area (Å²) in [5.41, 5.74) is 0.352. The number of rotatable bonds is 2. The number of carbonyl (C=O) groups excluding carboxylic acids is 1. The molecule has 0 aliphatic heterocycles. The van der Waals surface area contributed by atoms with Crippen molar-refractivity contribution in [3.05, 3.63) is 29.0 Å². The van der Waals surface area contributed by atoms with Crippen molar-refractivity contribution in [2.45, 2.75) is 12.3 Å². The van der Waals surface area contributed by atoms with Gasteiger partial charge in [0.25, 0.3) is 0 Å². The Labute approximate surface area is 91.0 Å². The van der Waals surface area contributed by atoms with Crippen molar-refractivity contribution >= 4 is 34.8 Å². The van der Waals surface area contributed by atoms with Crippen LogP contribution in [-0.4, -0.2) is 11.3 Å². The molecule has 14 heavy (non-hydrogen) atoms. The summed E-state index contributed by atoms with van der Waals surface area (Å²) >= 11 is 11.2. The van der Waals surface area contributed by atoms with Gasteiger partial charge in [0.1, 0.15) is 11.2 Å². The molecule has 0 bridgehead atoms. The molecule has 0 radical (unpaired) electrons. The Bertz CT molecular complexity index is 355. The molecular formula is C9H8Cl2FNO. The van der Waals surface area contributed by atoms with Crippen molar-refractivity contribution in [1.82, 2.24) is 0 Å². The van der Waals surface area contributed by atoms with Crippen LogP contribution >= 0.6 is 23.2 Å². The van der Waals surface area contributed by atoms with Crippen molar-refractivity contribution in [3.63, 3.8) is 0 Å². The number of anilines is 1. The van der Waals surface area contributed by atoms with Gasteiger partial charge in [-0.2, -0.15) is 0 Å². The highest BCUT2D eigenvalue weighted by Gasteiger charge is 2.11. The summed E-state index contributed by atoms with van der Waals surface area (Å²) in [6, 6.07) is 3.71. The number of nitrogens with one attached hydrogen (secondary N) is 1. The van der Waals surface area contributed by atoms with Crippen LogP contribution in [0.15, 0.2) is 18.2 Å². The summed E-state index contributed by atoms with van der Waals surface area (Å²) < 4.78 is 12.6. The quantitative estimate of drug-likeness (QED) is 0.785. The average molecular weight is 236 g/mol. The number of hydrogen-bond donors (Lipinski definition) is 1. The van der Waals surface area contributed by atoms with Crippen molar-refractivity contribution in [2.24, 2.45) is 0 Å². The van der Waals surface area contributed by atoms with Gasteiger partial charge in [0.2, 0.25) is 5.91 Å². The molecule has 76 valence electrons. The van der Waals surface area contributed by atoms with Gasteiger partial charge < -0.3 is 5.32 Å². The molecule has 2 nitrogen and oxygen atoms in total. The van der Waals surface area contributed by atoms with Crippen LogP contribution in [-0.2, 0) is 4.79 Å². The minimum atomic E-state index is -0.656. The second-order valence-electron chi connectivity index (χ2n) is 2.73. The fraction of sp³-hybridized carbons (Fsp3) is 0.222. The van der Waals surface area contributed by atoms with Crippen LogP contribution in [0.3, 0.4) is 0 Å². The lowest BCUT2D eigenvalue weighted by Crippen LogP contribution is -2.20. The molecule has 0 saturated heterocycles. The molecular weight excluding hydrogens is 228 g/mol. The first kappa shape index (κ1) is 11.3. The fourth-order valence-corrected chi connectivity index (χ4v) is 1.09. The van der Waals surface area contributed by atoms with Crippen LogP contribution < -0.4 is 5.32 Å². The smallest absolute Gasteiger partial charge is 0.242 e. The first-order chi connectivity index (χ1) is 6.50. The van der Waals surface area contributed by atoms with E-state index < -0.39 is 11.2 Å². The van der Waals surface area contributed by atoms with Gasteiger partial charge in [0, 0.05) is 0 Å². The molecule has 0 spiro atoms. The molecule has 0 aliphatic carbocycles. The van der Waals surface area contributed by atoms with Crippen molar-refractivity contribution in [1.29, 1.82) is 0 Å². The lowest BCUT2D eigenvalue weighted by molar-refractivity contribution is -0.115. The monoisotopic (exact) mass is 235 g/mol. The van der Waals surface area contributed by atoms with E-state index in [1.807, 2.05) is 0 Å². The van der Waals surface area contributed by atoms with Gasteiger partial charge in [-0.3, -0.25) is 4.79 Å². The standard InChI is InChI=1S/C9H8Cl2FNO/c1-5(10)9(14)13-8-3-2-6(12)4-7(8)11/h2-5H,1H3,(H,13,14)/t5-/m1/s1. The third-order valence-corrected chi connectivity index (χ3v) is 2.06. The summed E-state index contributed by atoms with van der Waals surface area (Å²) in [5.74, 6) is -0.827. The van der Waals surface area contributed by atoms with Gasteiger partial charge in [0.15, 0.2) is 0 Å². The molecule has 1 aromatic carbocycles. The summed E-state index contributed by atoms with van der Waals surface area (Å²) in [6.07, 6.45) is 0. The van der Waals surface area contributed by atoms with Gasteiger partial charge in [-0.1, -0.05) is 11.6 Å². The van der Waals surface area contributed by atoms with Crippen molar-refractivity contribution in [3.8, 4) is 0 Å². The highest BCUT2D eigenvalue weighted by atomic mass is 35.5. The van der Waals surface area contributed by atoms with Gasteiger partial charge in [0.05, 0.1) is 10.7 Å². The van der Waals surface area contributed by atoms with E-state index in [9.17, 15) is 9.18 Å². The largest absolute Gasteiger partial charge is 0.323 e. The zero-order valence-electron chi connectivity index (χ0n) is 7.35. The Morgan fingerprint density at radius 3 is 2.71 bits per heavy atom. The lowest BCUT2D eigenvalue weighted by Gasteiger charge is -2.07. The minimum Gasteiger partial charge on any atom is -0.323 e. The normalized spacial score (nSPS) is 12.3. The second kappa shape index (κ2) is 4.62. The molecule has 0 unspecified atom stereocenters. The number of hydrogen-bond acceptors (Lipinski definition) is 1. The Kier molecular flexibility index (Phi) is 3.72. The number of amides is 1. The predicted octanol–water partition coefficient (Wildman–Crippen LogP) is 3.04. The zero-order valence-corrected chi connectivity index (χ0v) is 8.86. The van der Waals surface area contributed by atoms with E-state index in [4.69, 9.17) is 23.2 Å². The maximum absolute atomic E-state index is 12.6. The third kappa shape index (κ3) is 2.86. The Hall–Kier alpha value is -0.800. The minimum absolute atomic E-state index is 0.149. The summed E-state index contributed by atoms with van der Waals surface area (Å²) in [4.78, 5) is 11.2. The van der Waals surface area contributed by atoms with Gasteiger partial charge in [-0.15, -0.1) is 11.6 Å². The molecule has 1 atom stereocenters. The van der Waals surface area contributed by atoms with E-state index in [-0.39, 0.29) is 10.9 Å². The number of halogens is 3. The van der Waals surface area contributed by atoms with Crippen LogP contribution in [0.1, 0.15) is 6.92 Å². The van der Waals surface area contributed by atoms with E-state index in [1.165, 1.54) is 19.1 Å². The number of carbonyl (C=O) groups is 1. The molecule has 0 saturated carbocycles. The van der Waals surface area contributed by atoms with E-state index in [2.05, 4.69) is 5.32 Å². The zero-order chi connectivity index (χ0) is 10.7. The fourth-order valence-electron chi connectivity index (χ4n) is 0.823. The molecule has 1 N–H and O–H groups in total. The topological polar surface area (TPSA) is 29.1 Å². The Morgan fingerprint density at radius 2 is 2.21 bits per heavy atom. The van der Waals surface area contributed by atoms with Gasteiger partial charge >= 0.3 is 0 Å². The molecule has 1 amide bonds. The summed E-state index contributed by atoms with van der Waals surface area (Å²) in [5, 5.41) is 1.96. The molecule has 0 aliphatic rings. The van der Waals surface area contributed by atoms with E-state index in [0.717, 1.165) is 6.07 Å². The van der Waals surface area contributed by atoms with E-state index in [0.29, 0.717) is 5.69 Å². The number of alkyl halides is 1. The molecule has 1 aromatic rings. The maximum atomic E-state index is 12.6. The molecule has 5 heteroatoms. The molecule has 0 fully saturated rings. The van der Waals surface area contributed by atoms with E-state index >= 15 is 0 Å². The first-order valence-electron chi connectivity index (χ1n) is 3.90. The number of benzene rings is 1. The molecule has 0 heterocycles. The lowest BCUT2D eigenvalue weighted by atomic mass is 10.3. The average Bonchev–Trinajstić information content (AvgIpc) is 2.09. The van der Waals surface area contributed by atoms with Crippen LogP contribution in [0, 0.1) is 5.82 Å². The summed E-state index contributed by atoms with van der Waals surface area (Å²) in [6.45, 7) is 1.54. The second-order valence-corrected chi connectivity index (χ2v) is 3.79. The van der Waals surface area contributed by atoms with Crippen LogP contribution in [0.25, 0.3) is 0 Å². The highest BCUT2D eigenvalue weighted by molar-refractivity contribution is 6.35. The Balaban J connectivity index is 2.82. The highest BCUT2D eigenvalue weighted by Crippen LogP contribution is 2.22. The van der Waals surface area contributed by atoms with Gasteiger partial charge in [-0.25, -0.2) is 4.39 Å². The molecule has 1 rings (SSSR count). The van der Waals surface area contributed by atoms with Crippen molar-refractivity contribution in [2.75, 3.05) is 5.32 Å². The first-order valence-corrected chi connectivity index (χ1v) is 4.72. The predicted molar refractivity (Wildman–Crippen MR) is 55.4 cm³/mol. The van der Waals surface area contributed by atoms with Crippen LogP contribution in [0.4, 0.5) is 10.1 Å². The van der Waals surface area contributed by atoms with E-state index in [1.54, 1.807) is 0 Å². The van der Waals surface area contributed by atoms with Gasteiger partial charge in [-0.05, 0) is 25.1 Å². The maximum Gasteiger partial charge on any atom is 0.242 e. The van der Waals surface area contributed by atoms with Crippen LogP contribution in [0.5, 0.6) is 0 Å². The van der Waals surface area contributed by atoms with Crippen LogP contribution in [0.2, 0.25) is 5.02 Å². The van der Waals surface area contributed by atoms with Crippen molar-refractivity contribution < 1.29 is 9.18 Å². The summed E-state index contributed by atoms with van der Waals surface area (Å²) in [7, 11) is 0. The Morgan fingerprint density at radius 1 is 1.57 bits per heavy atom.